The first-order valence-electron chi connectivity index (χ1n) is 7.29. The van der Waals surface area contributed by atoms with Gasteiger partial charge in [0.15, 0.2) is 0 Å². The van der Waals surface area contributed by atoms with Crippen LogP contribution in [0.5, 0.6) is 0 Å². The zero-order valence-electron chi connectivity index (χ0n) is 13.1. The van der Waals surface area contributed by atoms with E-state index >= 15 is 0 Å². The normalized spacial score (nSPS) is 15.9. The fourth-order valence-corrected chi connectivity index (χ4v) is 4.51. The molecule has 1 aliphatic heterocycles. The van der Waals surface area contributed by atoms with Crippen LogP contribution in [0.3, 0.4) is 0 Å². The molecule has 1 saturated heterocycles. The van der Waals surface area contributed by atoms with Crippen molar-refractivity contribution in [3.63, 3.8) is 0 Å². The second-order valence-corrected chi connectivity index (χ2v) is 8.82. The van der Waals surface area contributed by atoms with E-state index in [1.165, 1.54) is 11.3 Å². The van der Waals surface area contributed by atoms with Gasteiger partial charge < -0.3 is 5.32 Å². The van der Waals surface area contributed by atoms with Crippen LogP contribution >= 0.6 is 39.0 Å². The van der Waals surface area contributed by atoms with E-state index in [1.807, 2.05) is 37.3 Å². The number of thioether (sulfide) groups is 1. The van der Waals surface area contributed by atoms with Gasteiger partial charge in [0.2, 0.25) is 5.91 Å². The molecule has 1 fully saturated rings. The van der Waals surface area contributed by atoms with Crippen molar-refractivity contribution in [3.05, 3.63) is 55.5 Å². The quantitative estimate of drug-likeness (QED) is 0.716. The van der Waals surface area contributed by atoms with Gasteiger partial charge in [-0.1, -0.05) is 12.1 Å². The van der Waals surface area contributed by atoms with Crippen LogP contribution in [0.1, 0.15) is 10.4 Å². The van der Waals surface area contributed by atoms with Crippen molar-refractivity contribution in [3.8, 4) is 0 Å². The minimum atomic E-state index is -0.445. The summed E-state index contributed by atoms with van der Waals surface area (Å²) in [5.74, 6) is -0.855. The van der Waals surface area contributed by atoms with Gasteiger partial charge in [-0.05, 0) is 70.5 Å². The fraction of sp³-hybridized carbons (Fsp3) is 0.118. The highest BCUT2D eigenvalue weighted by molar-refractivity contribution is 9.11. The Bertz CT molecular complexity index is 892. The molecule has 8 heteroatoms. The number of anilines is 1. The molecule has 0 bridgehead atoms. The molecule has 0 saturated carbocycles. The van der Waals surface area contributed by atoms with Crippen molar-refractivity contribution in [1.82, 2.24) is 4.90 Å². The summed E-state index contributed by atoms with van der Waals surface area (Å²) in [5, 5.41) is 2.26. The Kier molecular flexibility index (Phi) is 5.41. The van der Waals surface area contributed by atoms with E-state index < -0.39 is 17.1 Å². The first-order valence-corrected chi connectivity index (χ1v) is 9.72. The first-order chi connectivity index (χ1) is 11.9. The summed E-state index contributed by atoms with van der Waals surface area (Å²) in [7, 11) is 0. The van der Waals surface area contributed by atoms with Crippen LogP contribution in [0.25, 0.3) is 6.08 Å². The van der Waals surface area contributed by atoms with Crippen molar-refractivity contribution in [1.29, 1.82) is 0 Å². The molecule has 0 atom stereocenters. The fourth-order valence-electron chi connectivity index (χ4n) is 2.24. The number of rotatable bonds is 4. The number of aryl methyl sites for hydroxylation is 1. The van der Waals surface area contributed by atoms with Crippen molar-refractivity contribution < 1.29 is 14.4 Å². The van der Waals surface area contributed by atoms with Crippen molar-refractivity contribution >= 4 is 67.8 Å². The molecule has 2 aromatic rings. The number of carbonyl (C=O) groups excluding carboxylic acids is 3. The summed E-state index contributed by atoms with van der Waals surface area (Å²) < 4.78 is 0.940. The van der Waals surface area contributed by atoms with E-state index in [0.29, 0.717) is 10.6 Å². The van der Waals surface area contributed by atoms with Gasteiger partial charge >= 0.3 is 0 Å². The predicted octanol–water partition coefficient (Wildman–Crippen LogP) is 4.49. The highest BCUT2D eigenvalue weighted by Gasteiger charge is 2.36. The van der Waals surface area contributed by atoms with E-state index in [1.54, 1.807) is 12.1 Å². The van der Waals surface area contributed by atoms with Crippen LogP contribution in [0.15, 0.2) is 45.1 Å². The lowest BCUT2D eigenvalue weighted by Gasteiger charge is -2.12. The number of imide groups is 1. The van der Waals surface area contributed by atoms with Crippen LogP contribution in [0.4, 0.5) is 10.5 Å². The number of nitrogens with one attached hydrogen (secondary N) is 1. The number of nitrogens with zero attached hydrogens (tertiary/aromatic N) is 1. The summed E-state index contributed by atoms with van der Waals surface area (Å²) in [6, 6.07) is 11.0. The molecule has 0 spiro atoms. The average molecular weight is 437 g/mol. The molecule has 1 aliphatic rings. The van der Waals surface area contributed by atoms with Gasteiger partial charge in [-0.15, -0.1) is 11.3 Å². The molecule has 1 aromatic carbocycles. The molecule has 3 amide bonds. The van der Waals surface area contributed by atoms with Crippen LogP contribution in [0.2, 0.25) is 0 Å². The zero-order valence-corrected chi connectivity index (χ0v) is 16.3. The lowest BCUT2D eigenvalue weighted by Crippen LogP contribution is -2.36. The third kappa shape index (κ3) is 4.39. The number of benzene rings is 1. The van der Waals surface area contributed by atoms with Crippen LogP contribution in [-0.4, -0.2) is 28.5 Å². The maximum absolute atomic E-state index is 12.4. The molecule has 25 heavy (non-hydrogen) atoms. The molecular weight excluding hydrogens is 424 g/mol. The SMILES string of the molecule is Cc1cccc(NC(=O)CN2C(=O)SC(=Cc3ccc(Br)s3)C2=O)c1. The van der Waals surface area contributed by atoms with Gasteiger partial charge in [0.25, 0.3) is 11.1 Å². The minimum absolute atomic E-state index is 0.302. The molecule has 1 aromatic heterocycles. The molecule has 1 N–H and O–H groups in total. The lowest BCUT2D eigenvalue weighted by molar-refractivity contribution is -0.127. The molecular formula is C17H13BrN2O3S2. The van der Waals surface area contributed by atoms with Gasteiger partial charge in [-0.3, -0.25) is 19.3 Å². The molecule has 3 rings (SSSR count). The number of halogens is 1. The van der Waals surface area contributed by atoms with E-state index in [-0.39, 0.29) is 6.54 Å². The Hall–Kier alpha value is -1.90. The third-order valence-electron chi connectivity index (χ3n) is 3.34. The second-order valence-electron chi connectivity index (χ2n) is 5.33. The summed E-state index contributed by atoms with van der Waals surface area (Å²) in [6.45, 7) is 1.61. The summed E-state index contributed by atoms with van der Waals surface area (Å²) in [4.78, 5) is 38.8. The van der Waals surface area contributed by atoms with Crippen LogP contribution < -0.4 is 5.32 Å². The summed E-state index contributed by atoms with van der Waals surface area (Å²) in [6.07, 6.45) is 1.67. The Balaban J connectivity index is 1.68. The zero-order chi connectivity index (χ0) is 18.0. The highest BCUT2D eigenvalue weighted by atomic mass is 79.9. The van der Waals surface area contributed by atoms with Gasteiger partial charge in [-0.25, -0.2) is 0 Å². The Morgan fingerprint density at radius 3 is 2.76 bits per heavy atom. The Labute approximate surface area is 161 Å². The summed E-state index contributed by atoms with van der Waals surface area (Å²) >= 11 is 5.67. The largest absolute Gasteiger partial charge is 0.325 e. The molecule has 0 unspecified atom stereocenters. The van der Waals surface area contributed by atoms with Crippen molar-refractivity contribution in [2.24, 2.45) is 0 Å². The number of hydrogen-bond donors (Lipinski definition) is 1. The maximum atomic E-state index is 12.4. The number of amides is 3. The van der Waals surface area contributed by atoms with Gasteiger partial charge in [0.05, 0.1) is 8.69 Å². The predicted molar refractivity (Wildman–Crippen MR) is 105 cm³/mol. The lowest BCUT2D eigenvalue weighted by atomic mass is 10.2. The van der Waals surface area contributed by atoms with Crippen molar-refractivity contribution in [2.75, 3.05) is 11.9 Å². The number of thiophene rings is 1. The standard InChI is InChI=1S/C17H13BrN2O3S2/c1-10-3-2-4-11(7-10)19-15(21)9-20-16(22)13(25-17(20)23)8-12-5-6-14(18)24-12/h2-8H,9H2,1H3,(H,19,21). The van der Waals surface area contributed by atoms with Gasteiger partial charge in [0.1, 0.15) is 6.54 Å². The highest BCUT2D eigenvalue weighted by Crippen LogP contribution is 2.34. The number of carbonyl (C=O) groups is 3. The smallest absolute Gasteiger partial charge is 0.294 e. The van der Waals surface area contributed by atoms with E-state index in [9.17, 15) is 14.4 Å². The Morgan fingerprint density at radius 1 is 1.28 bits per heavy atom. The Morgan fingerprint density at radius 2 is 2.08 bits per heavy atom. The maximum Gasteiger partial charge on any atom is 0.294 e. The first kappa shape index (κ1) is 17.9. The minimum Gasteiger partial charge on any atom is -0.325 e. The van der Waals surface area contributed by atoms with Crippen LogP contribution in [0, 0.1) is 6.92 Å². The van der Waals surface area contributed by atoms with Crippen molar-refractivity contribution in [2.45, 2.75) is 6.92 Å². The average Bonchev–Trinajstić information content (AvgIpc) is 3.06. The van der Waals surface area contributed by atoms with Crippen LogP contribution in [-0.2, 0) is 9.59 Å². The molecule has 0 aliphatic carbocycles. The van der Waals surface area contributed by atoms with E-state index in [0.717, 1.165) is 30.9 Å². The summed E-state index contributed by atoms with van der Waals surface area (Å²) in [5.41, 5.74) is 1.64. The third-order valence-corrected chi connectivity index (χ3v) is 5.82. The number of hydrogen-bond acceptors (Lipinski definition) is 5. The van der Waals surface area contributed by atoms with E-state index in [4.69, 9.17) is 0 Å². The molecule has 0 radical (unpaired) electrons. The second kappa shape index (κ2) is 7.55. The molecule has 5 nitrogen and oxygen atoms in total. The topological polar surface area (TPSA) is 66.5 Å². The van der Waals surface area contributed by atoms with Gasteiger partial charge in [-0.2, -0.15) is 0 Å². The molecule has 2 heterocycles. The molecule has 128 valence electrons. The van der Waals surface area contributed by atoms with Gasteiger partial charge in [0, 0.05) is 10.6 Å². The monoisotopic (exact) mass is 436 g/mol. The van der Waals surface area contributed by atoms with E-state index in [2.05, 4.69) is 21.2 Å².